The molecule has 21 heavy (non-hydrogen) atoms. The monoisotopic (exact) mass is 353 g/mol. The number of carbonyl (C=O) groups is 1. The van der Waals surface area contributed by atoms with Crippen molar-refractivity contribution in [3.05, 3.63) is 28.2 Å². The van der Waals surface area contributed by atoms with E-state index in [9.17, 15) is 13.2 Å². The summed E-state index contributed by atoms with van der Waals surface area (Å²) >= 11 is 11.8. The smallest absolute Gasteiger partial charge is 0.310 e. The van der Waals surface area contributed by atoms with E-state index in [1.54, 1.807) is 0 Å². The van der Waals surface area contributed by atoms with Crippen LogP contribution in [-0.2, 0) is 19.6 Å². The fraction of sp³-hybridized carbons (Fsp3) is 0.417. The van der Waals surface area contributed by atoms with Crippen molar-refractivity contribution < 1.29 is 23.1 Å². The van der Waals surface area contributed by atoms with Gasteiger partial charge in [-0.2, -0.15) is 4.31 Å². The van der Waals surface area contributed by atoms with Crippen LogP contribution in [0.2, 0.25) is 10.0 Å². The number of likely N-dealkylation sites (N-methyl/N-ethyl adjacent to an activating group) is 1. The average molecular weight is 354 g/mol. The van der Waals surface area contributed by atoms with Crippen molar-refractivity contribution in [3.8, 4) is 0 Å². The number of nitrogens with zero attached hydrogens (tertiary/aromatic N) is 1. The van der Waals surface area contributed by atoms with Crippen LogP contribution in [0, 0.1) is 5.92 Å². The maximum Gasteiger partial charge on any atom is 0.310 e. The van der Waals surface area contributed by atoms with Crippen LogP contribution in [0.15, 0.2) is 23.1 Å². The summed E-state index contributed by atoms with van der Waals surface area (Å²) in [6, 6.07) is 3.48. The number of benzene rings is 1. The van der Waals surface area contributed by atoms with E-state index in [2.05, 4.69) is 0 Å². The highest BCUT2D eigenvalue weighted by molar-refractivity contribution is 7.89. The van der Waals surface area contributed by atoms with Crippen molar-refractivity contribution in [2.45, 2.75) is 10.9 Å². The Morgan fingerprint density at radius 3 is 2.67 bits per heavy atom. The van der Waals surface area contributed by atoms with Gasteiger partial charge < -0.3 is 9.84 Å². The number of ether oxygens (including phenoxy) is 1. The molecule has 1 heterocycles. The first kappa shape index (κ1) is 16.5. The third kappa shape index (κ3) is 3.02. The molecule has 0 radical (unpaired) electrons. The van der Waals surface area contributed by atoms with Gasteiger partial charge in [-0.05, 0) is 12.1 Å². The number of carboxylic acid groups (broad SMARTS) is 1. The molecule has 2 unspecified atom stereocenters. The van der Waals surface area contributed by atoms with Crippen molar-refractivity contribution in [2.75, 3.05) is 20.3 Å². The Hall–Kier alpha value is -0.860. The Morgan fingerprint density at radius 2 is 2.05 bits per heavy atom. The zero-order chi connectivity index (χ0) is 15.8. The van der Waals surface area contributed by atoms with Crippen LogP contribution in [0.1, 0.15) is 0 Å². The molecule has 1 fully saturated rings. The molecular weight excluding hydrogens is 341 g/mol. The van der Waals surface area contributed by atoms with Crippen LogP contribution < -0.4 is 0 Å². The zero-order valence-corrected chi connectivity index (χ0v) is 13.3. The topological polar surface area (TPSA) is 83.9 Å². The Morgan fingerprint density at radius 1 is 1.38 bits per heavy atom. The SMILES string of the molecule is CN(C1COCC1C(=O)O)S(=O)(=O)c1cccc(Cl)c1Cl. The summed E-state index contributed by atoms with van der Waals surface area (Å²) in [5, 5.41) is 9.15. The highest BCUT2D eigenvalue weighted by Crippen LogP contribution is 2.32. The normalized spacial score (nSPS) is 22.7. The minimum absolute atomic E-state index is 0.0187. The van der Waals surface area contributed by atoms with Gasteiger partial charge >= 0.3 is 5.97 Å². The summed E-state index contributed by atoms with van der Waals surface area (Å²) in [6.07, 6.45) is 0. The molecule has 1 saturated heterocycles. The van der Waals surface area contributed by atoms with E-state index in [0.29, 0.717) is 0 Å². The summed E-state index contributed by atoms with van der Waals surface area (Å²) in [7, 11) is -2.66. The van der Waals surface area contributed by atoms with Gasteiger partial charge in [0.15, 0.2) is 0 Å². The predicted octanol–water partition coefficient (Wildman–Crippen LogP) is 1.71. The maximum atomic E-state index is 12.6. The van der Waals surface area contributed by atoms with Crippen molar-refractivity contribution in [1.82, 2.24) is 4.31 Å². The van der Waals surface area contributed by atoms with Crippen molar-refractivity contribution in [1.29, 1.82) is 0 Å². The van der Waals surface area contributed by atoms with E-state index in [-0.39, 0.29) is 28.2 Å². The molecule has 2 rings (SSSR count). The third-order valence-corrected chi connectivity index (χ3v) is 6.26. The number of carboxylic acids is 1. The molecule has 0 spiro atoms. The molecule has 116 valence electrons. The summed E-state index contributed by atoms with van der Waals surface area (Å²) in [5.41, 5.74) is 0. The molecule has 2 atom stereocenters. The number of sulfonamides is 1. The van der Waals surface area contributed by atoms with E-state index in [1.165, 1.54) is 25.2 Å². The van der Waals surface area contributed by atoms with Gasteiger partial charge in [0.05, 0.1) is 35.2 Å². The predicted molar refractivity (Wildman–Crippen MR) is 77.1 cm³/mol. The van der Waals surface area contributed by atoms with E-state index in [1.807, 2.05) is 0 Å². The lowest BCUT2D eigenvalue weighted by Crippen LogP contribution is -2.44. The minimum atomic E-state index is -3.97. The number of rotatable bonds is 4. The van der Waals surface area contributed by atoms with Crippen LogP contribution in [0.5, 0.6) is 0 Å². The molecule has 0 amide bonds. The molecule has 1 aliphatic heterocycles. The van der Waals surface area contributed by atoms with Crippen molar-refractivity contribution in [3.63, 3.8) is 0 Å². The summed E-state index contributed by atoms with van der Waals surface area (Å²) in [4.78, 5) is 11.0. The molecule has 0 bridgehead atoms. The van der Waals surface area contributed by atoms with Gasteiger partial charge in [0.25, 0.3) is 0 Å². The molecule has 0 saturated carbocycles. The standard InChI is InChI=1S/C12H13Cl2NO5S/c1-15(9-6-20-5-7(9)12(16)17)21(18,19)10-4-2-3-8(13)11(10)14/h2-4,7,9H,5-6H2,1H3,(H,16,17). The molecule has 9 heteroatoms. The molecule has 6 nitrogen and oxygen atoms in total. The largest absolute Gasteiger partial charge is 0.481 e. The summed E-state index contributed by atoms with van der Waals surface area (Å²) < 4.78 is 31.3. The minimum Gasteiger partial charge on any atom is -0.481 e. The molecule has 1 N–H and O–H groups in total. The number of hydrogen-bond donors (Lipinski definition) is 1. The fourth-order valence-electron chi connectivity index (χ4n) is 2.15. The highest BCUT2D eigenvalue weighted by Gasteiger charge is 2.42. The summed E-state index contributed by atoms with van der Waals surface area (Å²) in [5.74, 6) is -2.01. The van der Waals surface area contributed by atoms with Gasteiger partial charge in [-0.1, -0.05) is 29.3 Å². The average Bonchev–Trinajstić information content (AvgIpc) is 2.90. The molecular formula is C12H13Cl2NO5S. The molecule has 1 aromatic carbocycles. The first-order valence-electron chi connectivity index (χ1n) is 5.99. The van der Waals surface area contributed by atoms with Gasteiger partial charge in [0.2, 0.25) is 10.0 Å². The number of halogens is 2. The molecule has 1 aromatic rings. The molecule has 1 aliphatic rings. The van der Waals surface area contributed by atoms with Crippen LogP contribution in [-0.4, -0.2) is 50.1 Å². The first-order chi connectivity index (χ1) is 9.76. The zero-order valence-electron chi connectivity index (χ0n) is 11.0. The van der Waals surface area contributed by atoms with E-state index < -0.39 is 28.0 Å². The van der Waals surface area contributed by atoms with E-state index in [4.69, 9.17) is 33.0 Å². The van der Waals surface area contributed by atoms with Crippen molar-refractivity contribution >= 4 is 39.2 Å². The fourth-order valence-corrected chi connectivity index (χ4v) is 4.26. The van der Waals surface area contributed by atoms with Crippen LogP contribution in [0.4, 0.5) is 0 Å². The Kier molecular flexibility index (Phi) is 4.79. The lowest BCUT2D eigenvalue weighted by Gasteiger charge is -2.26. The molecule has 0 aliphatic carbocycles. The Labute approximate surface area is 132 Å². The Bertz CT molecular complexity index is 664. The Balaban J connectivity index is 2.39. The van der Waals surface area contributed by atoms with Gasteiger partial charge in [0, 0.05) is 7.05 Å². The van der Waals surface area contributed by atoms with Crippen LogP contribution in [0.3, 0.4) is 0 Å². The van der Waals surface area contributed by atoms with Crippen LogP contribution in [0.25, 0.3) is 0 Å². The number of aliphatic carboxylic acids is 1. The lowest BCUT2D eigenvalue weighted by molar-refractivity contribution is -0.142. The first-order valence-corrected chi connectivity index (χ1v) is 8.19. The van der Waals surface area contributed by atoms with Crippen LogP contribution >= 0.6 is 23.2 Å². The number of hydrogen-bond acceptors (Lipinski definition) is 4. The second kappa shape index (κ2) is 6.10. The van der Waals surface area contributed by atoms with Gasteiger partial charge in [0.1, 0.15) is 4.90 Å². The van der Waals surface area contributed by atoms with E-state index in [0.717, 1.165) is 4.31 Å². The second-order valence-corrected chi connectivity index (χ2v) is 7.37. The van der Waals surface area contributed by atoms with Crippen molar-refractivity contribution in [2.24, 2.45) is 5.92 Å². The maximum absolute atomic E-state index is 12.6. The highest BCUT2D eigenvalue weighted by atomic mass is 35.5. The quantitative estimate of drug-likeness (QED) is 0.890. The van der Waals surface area contributed by atoms with Gasteiger partial charge in [-0.15, -0.1) is 0 Å². The molecule has 0 aromatic heterocycles. The van der Waals surface area contributed by atoms with Gasteiger partial charge in [-0.3, -0.25) is 4.79 Å². The van der Waals surface area contributed by atoms with Gasteiger partial charge in [-0.25, -0.2) is 8.42 Å². The third-order valence-electron chi connectivity index (χ3n) is 3.41. The summed E-state index contributed by atoms with van der Waals surface area (Å²) in [6.45, 7) is -0.00593. The second-order valence-electron chi connectivity index (χ2n) is 4.62. The van der Waals surface area contributed by atoms with E-state index >= 15 is 0 Å². The lowest BCUT2D eigenvalue weighted by atomic mass is 10.1.